The van der Waals surface area contributed by atoms with Crippen LogP contribution in [-0.4, -0.2) is 107 Å². The SMILES string of the molecule is CC(=O)OCC1OC(OC(C)=O)C(OC2OC(C)C(O)C(O)C2O)C(OC(C)=O)C1OC(C)=O. The lowest BCUT2D eigenvalue weighted by Crippen LogP contribution is -2.65. The number of hydrogen-bond donors (Lipinski definition) is 3. The monoisotopic (exact) mass is 494 g/mol. The summed E-state index contributed by atoms with van der Waals surface area (Å²) in [7, 11) is 0. The van der Waals surface area contributed by atoms with E-state index in [0.29, 0.717) is 0 Å². The lowest BCUT2D eigenvalue weighted by Gasteiger charge is -2.46. The first-order valence-electron chi connectivity index (χ1n) is 10.5. The molecule has 34 heavy (non-hydrogen) atoms. The molecule has 0 aliphatic carbocycles. The van der Waals surface area contributed by atoms with Crippen molar-refractivity contribution in [1.82, 2.24) is 0 Å². The molecule has 2 aliphatic heterocycles. The summed E-state index contributed by atoms with van der Waals surface area (Å²) in [6, 6.07) is 0. The molecule has 0 saturated carbocycles. The van der Waals surface area contributed by atoms with Gasteiger partial charge in [-0.05, 0) is 6.92 Å². The van der Waals surface area contributed by atoms with Crippen molar-refractivity contribution >= 4 is 23.9 Å². The van der Waals surface area contributed by atoms with E-state index in [-0.39, 0.29) is 0 Å². The van der Waals surface area contributed by atoms with Gasteiger partial charge in [0.15, 0.2) is 24.6 Å². The zero-order valence-corrected chi connectivity index (χ0v) is 19.3. The Morgan fingerprint density at radius 2 is 1.24 bits per heavy atom. The van der Waals surface area contributed by atoms with E-state index in [1.165, 1.54) is 6.92 Å². The van der Waals surface area contributed by atoms with Crippen LogP contribution in [0.4, 0.5) is 0 Å². The predicted molar refractivity (Wildman–Crippen MR) is 105 cm³/mol. The van der Waals surface area contributed by atoms with E-state index >= 15 is 0 Å². The lowest BCUT2D eigenvalue weighted by molar-refractivity contribution is -0.360. The Kier molecular flexibility index (Phi) is 9.73. The van der Waals surface area contributed by atoms with E-state index in [9.17, 15) is 34.5 Å². The maximum Gasteiger partial charge on any atom is 0.305 e. The summed E-state index contributed by atoms with van der Waals surface area (Å²) in [5.41, 5.74) is 0. The third-order valence-corrected chi connectivity index (χ3v) is 5.03. The average molecular weight is 494 g/mol. The topological polar surface area (TPSA) is 194 Å². The Bertz CT molecular complexity index is 756. The number of aliphatic hydroxyl groups is 3. The summed E-state index contributed by atoms with van der Waals surface area (Å²) < 4.78 is 37.5. The summed E-state index contributed by atoms with van der Waals surface area (Å²) in [5, 5.41) is 30.3. The van der Waals surface area contributed by atoms with Gasteiger partial charge in [-0.3, -0.25) is 19.2 Å². The minimum absolute atomic E-state index is 0.458. The highest BCUT2D eigenvalue weighted by atomic mass is 16.8. The van der Waals surface area contributed by atoms with E-state index in [2.05, 4.69) is 0 Å². The van der Waals surface area contributed by atoms with Gasteiger partial charge in [-0.2, -0.15) is 0 Å². The van der Waals surface area contributed by atoms with Gasteiger partial charge in [0.1, 0.15) is 31.0 Å². The van der Waals surface area contributed by atoms with Gasteiger partial charge in [0, 0.05) is 27.7 Å². The highest BCUT2D eigenvalue weighted by Gasteiger charge is 2.55. The molecule has 0 aromatic rings. The first kappa shape index (κ1) is 27.9. The molecule has 2 fully saturated rings. The molecule has 14 nitrogen and oxygen atoms in total. The van der Waals surface area contributed by atoms with Gasteiger partial charge in [-0.1, -0.05) is 0 Å². The fraction of sp³-hybridized carbons (Fsp3) is 0.800. The molecular formula is C20H30O14. The van der Waals surface area contributed by atoms with Crippen LogP contribution in [0.25, 0.3) is 0 Å². The van der Waals surface area contributed by atoms with Crippen molar-refractivity contribution in [3.8, 4) is 0 Å². The van der Waals surface area contributed by atoms with Crippen LogP contribution in [0.3, 0.4) is 0 Å². The molecule has 14 heteroatoms. The molecule has 0 spiro atoms. The normalized spacial score (nSPS) is 37.9. The number of hydrogen-bond acceptors (Lipinski definition) is 14. The van der Waals surface area contributed by atoms with Gasteiger partial charge >= 0.3 is 23.9 Å². The summed E-state index contributed by atoms with van der Waals surface area (Å²) in [6.45, 7) is 5.29. The van der Waals surface area contributed by atoms with E-state index in [4.69, 9.17) is 33.2 Å². The third-order valence-electron chi connectivity index (χ3n) is 5.03. The van der Waals surface area contributed by atoms with Crippen molar-refractivity contribution in [1.29, 1.82) is 0 Å². The second-order valence-corrected chi connectivity index (χ2v) is 7.89. The number of aliphatic hydroxyl groups excluding tert-OH is 3. The van der Waals surface area contributed by atoms with Gasteiger partial charge in [-0.15, -0.1) is 0 Å². The van der Waals surface area contributed by atoms with Crippen LogP contribution in [0.2, 0.25) is 0 Å². The minimum Gasteiger partial charge on any atom is -0.463 e. The van der Waals surface area contributed by atoms with Crippen LogP contribution in [0.5, 0.6) is 0 Å². The highest BCUT2D eigenvalue weighted by molar-refractivity contribution is 5.68. The Balaban J connectivity index is 2.44. The van der Waals surface area contributed by atoms with Crippen molar-refractivity contribution in [3.05, 3.63) is 0 Å². The molecule has 0 aromatic heterocycles. The summed E-state index contributed by atoms with van der Waals surface area (Å²) >= 11 is 0. The fourth-order valence-corrected chi connectivity index (χ4v) is 3.56. The molecule has 0 radical (unpaired) electrons. The molecule has 10 unspecified atom stereocenters. The standard InChI is InChI=1S/C20H30O14/c1-7-13(25)14(26)15(27)19(29-7)34-18-17(31-10(4)23)16(30-9(3)22)12(6-28-8(2)21)33-20(18)32-11(5)24/h7,12-20,25-27H,6H2,1-5H3. The van der Waals surface area contributed by atoms with Crippen molar-refractivity contribution in [2.24, 2.45) is 0 Å². The maximum atomic E-state index is 11.9. The fourth-order valence-electron chi connectivity index (χ4n) is 3.56. The third kappa shape index (κ3) is 7.07. The smallest absolute Gasteiger partial charge is 0.305 e. The zero-order chi connectivity index (χ0) is 25.7. The lowest BCUT2D eigenvalue weighted by atomic mass is 9.97. The molecular weight excluding hydrogens is 464 g/mol. The minimum atomic E-state index is -1.76. The van der Waals surface area contributed by atoms with Crippen LogP contribution >= 0.6 is 0 Å². The number of rotatable bonds is 7. The quantitative estimate of drug-likeness (QED) is 0.258. The largest absolute Gasteiger partial charge is 0.463 e. The van der Waals surface area contributed by atoms with Crippen LogP contribution in [-0.2, 0) is 52.3 Å². The predicted octanol–water partition coefficient (Wildman–Crippen LogP) is -2.09. The molecule has 0 bridgehead atoms. The Labute approximate surface area is 194 Å². The molecule has 0 amide bonds. The average Bonchev–Trinajstić information content (AvgIpc) is 2.71. The van der Waals surface area contributed by atoms with Crippen LogP contribution in [0.15, 0.2) is 0 Å². The Hall–Kier alpha value is -2.36. The van der Waals surface area contributed by atoms with Gasteiger partial charge in [-0.25, -0.2) is 0 Å². The van der Waals surface area contributed by atoms with Crippen LogP contribution in [0, 0.1) is 0 Å². The zero-order valence-electron chi connectivity index (χ0n) is 19.3. The van der Waals surface area contributed by atoms with E-state index < -0.39 is 91.9 Å². The van der Waals surface area contributed by atoms with Crippen molar-refractivity contribution in [2.45, 2.75) is 96.0 Å². The van der Waals surface area contributed by atoms with Crippen LogP contribution in [0.1, 0.15) is 34.6 Å². The van der Waals surface area contributed by atoms with Gasteiger partial charge in [0.2, 0.25) is 6.29 Å². The van der Waals surface area contributed by atoms with Gasteiger partial charge in [0.25, 0.3) is 0 Å². The Morgan fingerprint density at radius 3 is 1.76 bits per heavy atom. The molecule has 3 N–H and O–H groups in total. The van der Waals surface area contributed by atoms with Crippen molar-refractivity contribution in [3.63, 3.8) is 0 Å². The summed E-state index contributed by atoms with van der Waals surface area (Å²) in [4.78, 5) is 46.7. The second-order valence-electron chi connectivity index (χ2n) is 7.89. The molecule has 2 rings (SSSR count). The first-order chi connectivity index (χ1) is 15.8. The molecule has 10 atom stereocenters. The summed E-state index contributed by atoms with van der Waals surface area (Å²) in [6.07, 6.45) is -14.7. The molecule has 2 aliphatic rings. The number of esters is 4. The van der Waals surface area contributed by atoms with Crippen molar-refractivity contribution in [2.75, 3.05) is 6.61 Å². The molecule has 2 heterocycles. The summed E-state index contributed by atoms with van der Waals surface area (Å²) in [5.74, 6) is -3.15. The van der Waals surface area contributed by atoms with Gasteiger partial charge < -0.3 is 48.5 Å². The van der Waals surface area contributed by atoms with E-state index in [1.807, 2.05) is 0 Å². The second kappa shape index (κ2) is 11.9. The van der Waals surface area contributed by atoms with Crippen molar-refractivity contribution < 1.29 is 67.7 Å². The highest BCUT2D eigenvalue weighted by Crippen LogP contribution is 2.33. The molecule has 2 saturated heterocycles. The molecule has 0 aromatic carbocycles. The number of ether oxygens (including phenoxy) is 7. The number of carbonyl (C=O) groups excluding carboxylic acids is 4. The van der Waals surface area contributed by atoms with Gasteiger partial charge in [0.05, 0.1) is 6.10 Å². The van der Waals surface area contributed by atoms with Crippen LogP contribution < -0.4 is 0 Å². The maximum absolute atomic E-state index is 11.9. The Morgan fingerprint density at radius 1 is 0.676 bits per heavy atom. The number of carbonyl (C=O) groups is 4. The molecule has 194 valence electrons. The first-order valence-corrected chi connectivity index (χ1v) is 10.5. The van der Waals surface area contributed by atoms with E-state index in [1.54, 1.807) is 0 Å². The van der Waals surface area contributed by atoms with E-state index in [0.717, 1.165) is 27.7 Å².